The Kier molecular flexibility index (Phi) is 3.26. The summed E-state index contributed by atoms with van der Waals surface area (Å²) in [7, 11) is -0.521. The lowest BCUT2D eigenvalue weighted by Gasteiger charge is -2.35. The van der Waals surface area contributed by atoms with Crippen molar-refractivity contribution in [2.45, 2.75) is 45.3 Å². The summed E-state index contributed by atoms with van der Waals surface area (Å²) in [5.41, 5.74) is 5.25. The number of hydrogen-bond acceptors (Lipinski definition) is 4. The van der Waals surface area contributed by atoms with Crippen LogP contribution in [0.1, 0.15) is 34.1 Å². The Morgan fingerprint density at radius 1 is 1.40 bits per heavy atom. The van der Waals surface area contributed by atoms with Crippen LogP contribution >= 0.6 is 0 Å². The summed E-state index contributed by atoms with van der Waals surface area (Å²) in [4.78, 5) is 0. The van der Waals surface area contributed by atoms with E-state index in [0.29, 0.717) is 5.47 Å². The van der Waals surface area contributed by atoms with Gasteiger partial charge in [0.1, 0.15) is 0 Å². The van der Waals surface area contributed by atoms with Crippen molar-refractivity contribution in [3.63, 3.8) is 0 Å². The second kappa shape index (κ2) is 3.98. The summed E-state index contributed by atoms with van der Waals surface area (Å²) >= 11 is 0. The van der Waals surface area contributed by atoms with Crippen molar-refractivity contribution in [3.05, 3.63) is 11.7 Å². The molecule has 1 rings (SSSR count). The zero-order chi connectivity index (χ0) is 11.7. The first-order chi connectivity index (χ1) is 6.90. The van der Waals surface area contributed by atoms with Crippen molar-refractivity contribution in [1.29, 1.82) is 5.41 Å². The average molecular weight is 210 g/mol. The fraction of sp³-hybridized carbons (Fsp3) is 0.700. The summed E-state index contributed by atoms with van der Waals surface area (Å²) in [5, 5.41) is 7.21. The first-order valence-electron chi connectivity index (χ1n) is 5.18. The van der Waals surface area contributed by atoms with Crippen LogP contribution in [-0.2, 0) is 9.31 Å². The lowest BCUT2D eigenvalue weighted by atomic mass is 9.79. The highest BCUT2D eigenvalue weighted by Crippen LogP contribution is 2.40. The van der Waals surface area contributed by atoms with Gasteiger partial charge in [0, 0.05) is 11.7 Å². The summed E-state index contributed by atoms with van der Waals surface area (Å²) in [5.74, 6) is 0. The fourth-order valence-electron chi connectivity index (χ4n) is 1.63. The van der Waals surface area contributed by atoms with Crippen molar-refractivity contribution in [3.8, 4) is 0 Å². The minimum Gasteiger partial charge on any atom is -0.405 e. The zero-order valence-corrected chi connectivity index (χ0v) is 9.83. The van der Waals surface area contributed by atoms with Crippen LogP contribution in [0.25, 0.3) is 0 Å². The van der Waals surface area contributed by atoms with E-state index in [1.165, 1.54) is 12.4 Å². The van der Waals surface area contributed by atoms with Gasteiger partial charge in [-0.25, -0.2) is 0 Å². The monoisotopic (exact) mass is 210 g/mol. The molecule has 1 saturated heterocycles. The van der Waals surface area contributed by atoms with E-state index >= 15 is 0 Å². The van der Waals surface area contributed by atoms with Gasteiger partial charge in [-0.1, -0.05) is 6.92 Å². The van der Waals surface area contributed by atoms with Gasteiger partial charge in [-0.15, -0.1) is 0 Å². The molecule has 1 unspecified atom stereocenters. The molecular weight excluding hydrogens is 191 g/mol. The number of rotatable bonds is 3. The molecule has 0 bridgehead atoms. The van der Waals surface area contributed by atoms with Gasteiger partial charge in [-0.05, 0) is 33.4 Å². The topological polar surface area (TPSA) is 68.3 Å². The van der Waals surface area contributed by atoms with Crippen LogP contribution in [0.3, 0.4) is 0 Å². The van der Waals surface area contributed by atoms with E-state index in [-0.39, 0.29) is 11.2 Å². The standard InChI is InChI=1S/C10H19BN2O2/c1-5-10(4)9(2,3)14-11(15-10)8(6-12)7-13/h6-7,12H,5,13H2,1-4H3/b8-7+,12-6?. The Balaban J connectivity index is 2.92. The van der Waals surface area contributed by atoms with Gasteiger partial charge < -0.3 is 20.5 Å². The third kappa shape index (κ3) is 1.94. The van der Waals surface area contributed by atoms with Crippen molar-refractivity contribution in [2.24, 2.45) is 5.73 Å². The quantitative estimate of drug-likeness (QED) is 0.547. The maximum Gasteiger partial charge on any atom is 0.497 e. The summed E-state index contributed by atoms with van der Waals surface area (Å²) in [6.07, 6.45) is 3.38. The molecule has 1 heterocycles. The second-order valence-electron chi connectivity index (χ2n) is 4.47. The van der Waals surface area contributed by atoms with Crippen molar-refractivity contribution < 1.29 is 9.31 Å². The molecule has 1 fully saturated rings. The van der Waals surface area contributed by atoms with Gasteiger partial charge in [0.25, 0.3) is 0 Å². The smallest absolute Gasteiger partial charge is 0.405 e. The van der Waals surface area contributed by atoms with Crippen LogP contribution in [0.15, 0.2) is 11.7 Å². The van der Waals surface area contributed by atoms with E-state index in [4.69, 9.17) is 20.5 Å². The summed E-state index contributed by atoms with van der Waals surface area (Å²) in [6, 6.07) is 0. The normalized spacial score (nSPS) is 30.7. The van der Waals surface area contributed by atoms with Gasteiger partial charge in [-0.2, -0.15) is 0 Å². The SMILES string of the molecule is CCC1(C)OB(/C(C=N)=C/N)OC1(C)C. The first-order valence-corrected chi connectivity index (χ1v) is 5.18. The molecule has 84 valence electrons. The molecule has 15 heavy (non-hydrogen) atoms. The van der Waals surface area contributed by atoms with Crippen LogP contribution in [0.5, 0.6) is 0 Å². The third-order valence-electron chi connectivity index (χ3n) is 3.35. The molecule has 0 aliphatic carbocycles. The molecule has 0 saturated carbocycles. The van der Waals surface area contributed by atoms with Gasteiger partial charge in [0.2, 0.25) is 0 Å². The zero-order valence-electron chi connectivity index (χ0n) is 9.83. The lowest BCUT2D eigenvalue weighted by molar-refractivity contribution is -0.0118. The number of allylic oxidation sites excluding steroid dienone is 1. The molecule has 3 N–H and O–H groups in total. The van der Waals surface area contributed by atoms with E-state index in [1.54, 1.807) is 0 Å². The van der Waals surface area contributed by atoms with E-state index in [1.807, 2.05) is 20.8 Å². The van der Waals surface area contributed by atoms with E-state index in [2.05, 4.69) is 6.92 Å². The van der Waals surface area contributed by atoms with Gasteiger partial charge in [0.05, 0.1) is 11.2 Å². The maximum absolute atomic E-state index is 7.21. The largest absolute Gasteiger partial charge is 0.497 e. The van der Waals surface area contributed by atoms with Crippen LogP contribution in [0.4, 0.5) is 0 Å². The Labute approximate surface area is 91.5 Å². The van der Waals surface area contributed by atoms with E-state index in [0.717, 1.165) is 6.42 Å². The van der Waals surface area contributed by atoms with E-state index in [9.17, 15) is 0 Å². The van der Waals surface area contributed by atoms with E-state index < -0.39 is 7.12 Å². The predicted octanol–water partition coefficient (Wildman–Crippen LogP) is 1.50. The molecular formula is C10H19BN2O2. The van der Waals surface area contributed by atoms with Crippen LogP contribution in [0, 0.1) is 5.41 Å². The molecule has 1 aliphatic rings. The van der Waals surface area contributed by atoms with Gasteiger partial charge in [-0.3, -0.25) is 0 Å². The molecule has 0 aromatic rings. The van der Waals surface area contributed by atoms with Gasteiger partial charge >= 0.3 is 7.12 Å². The molecule has 4 nitrogen and oxygen atoms in total. The molecule has 0 amide bonds. The minimum atomic E-state index is -0.521. The molecule has 0 spiro atoms. The van der Waals surface area contributed by atoms with Crippen LogP contribution in [-0.4, -0.2) is 24.5 Å². The third-order valence-corrected chi connectivity index (χ3v) is 3.35. The summed E-state index contributed by atoms with van der Waals surface area (Å²) < 4.78 is 11.6. The highest BCUT2D eigenvalue weighted by molar-refractivity contribution is 6.60. The molecule has 5 heteroatoms. The Hall–Kier alpha value is -0.805. The fourth-order valence-corrected chi connectivity index (χ4v) is 1.63. The molecule has 1 atom stereocenters. The van der Waals surface area contributed by atoms with Crippen molar-refractivity contribution in [1.82, 2.24) is 0 Å². The summed E-state index contributed by atoms with van der Waals surface area (Å²) in [6.45, 7) is 8.07. The Morgan fingerprint density at radius 3 is 2.33 bits per heavy atom. The Morgan fingerprint density at radius 2 is 2.00 bits per heavy atom. The second-order valence-corrected chi connectivity index (χ2v) is 4.47. The highest BCUT2D eigenvalue weighted by Gasteiger charge is 2.53. The van der Waals surface area contributed by atoms with Crippen LogP contribution < -0.4 is 5.73 Å². The van der Waals surface area contributed by atoms with Crippen molar-refractivity contribution >= 4 is 13.3 Å². The Bertz CT molecular complexity index is 291. The number of nitrogens with one attached hydrogen (secondary N) is 1. The molecule has 0 radical (unpaired) electrons. The lowest BCUT2D eigenvalue weighted by Crippen LogP contribution is -2.44. The molecule has 0 aromatic carbocycles. The minimum absolute atomic E-state index is 0.338. The number of hydrogen-bond donors (Lipinski definition) is 2. The first kappa shape index (κ1) is 12.3. The number of nitrogens with two attached hydrogens (primary N) is 1. The maximum atomic E-state index is 7.21. The molecule has 0 aromatic heterocycles. The highest BCUT2D eigenvalue weighted by atomic mass is 16.7. The average Bonchev–Trinajstić information content (AvgIpc) is 2.40. The van der Waals surface area contributed by atoms with Crippen LogP contribution in [0.2, 0.25) is 0 Å². The molecule has 1 aliphatic heterocycles. The van der Waals surface area contributed by atoms with Crippen molar-refractivity contribution in [2.75, 3.05) is 0 Å². The van der Waals surface area contributed by atoms with Gasteiger partial charge in [0.15, 0.2) is 0 Å². The predicted molar refractivity (Wildman–Crippen MR) is 61.8 cm³/mol.